The van der Waals surface area contributed by atoms with Crippen LogP contribution in [0, 0.1) is 6.92 Å². The van der Waals surface area contributed by atoms with Crippen LogP contribution in [0.3, 0.4) is 0 Å². The third-order valence-corrected chi connectivity index (χ3v) is 6.06. The number of ether oxygens (including phenoxy) is 1. The zero-order chi connectivity index (χ0) is 21.8. The number of carbonyl (C=O) groups excluding carboxylic acids is 2. The van der Waals surface area contributed by atoms with Crippen LogP contribution < -0.4 is 10.1 Å². The van der Waals surface area contributed by atoms with Crippen molar-refractivity contribution in [3.8, 4) is 5.75 Å². The van der Waals surface area contributed by atoms with Crippen LogP contribution in [0.25, 0.3) is 6.08 Å². The summed E-state index contributed by atoms with van der Waals surface area (Å²) in [7, 11) is 0. The minimum Gasteiger partial charge on any atom is -0.484 e. The Morgan fingerprint density at radius 3 is 2.73 bits per heavy atom. The van der Waals surface area contributed by atoms with Gasteiger partial charge in [-0.25, -0.2) is 0 Å². The Labute approximate surface area is 190 Å². The number of carbonyl (C=O) groups is 2. The summed E-state index contributed by atoms with van der Waals surface area (Å²) in [6, 6.07) is 12.5. The summed E-state index contributed by atoms with van der Waals surface area (Å²) in [6.45, 7) is 5.60. The number of thiocarbonyl (C=S) groups is 1. The molecular weight excluding hydrogens is 440 g/mol. The standard InChI is InChI=1S/C22H21ClN2O3S2/c1-13(2)25-21(27)19(30-22(25)29)10-15-5-4-6-17(9-15)28-12-20(26)24-16-8-7-14(3)18(23)11-16/h4-11,13H,12H2,1-3H3,(H,24,26)/b19-10-. The first kappa shape index (κ1) is 22.3. The fourth-order valence-electron chi connectivity index (χ4n) is 2.79. The Morgan fingerprint density at radius 2 is 2.07 bits per heavy atom. The van der Waals surface area contributed by atoms with Crippen molar-refractivity contribution in [2.45, 2.75) is 26.8 Å². The monoisotopic (exact) mass is 460 g/mol. The second-order valence-electron chi connectivity index (χ2n) is 7.02. The second-order valence-corrected chi connectivity index (χ2v) is 9.10. The maximum Gasteiger partial charge on any atom is 0.266 e. The maximum atomic E-state index is 12.5. The molecule has 1 aliphatic rings. The highest BCUT2D eigenvalue weighted by atomic mass is 35.5. The number of anilines is 1. The maximum absolute atomic E-state index is 12.5. The summed E-state index contributed by atoms with van der Waals surface area (Å²) in [5.74, 6) is 0.140. The van der Waals surface area contributed by atoms with Crippen molar-refractivity contribution in [1.29, 1.82) is 0 Å². The molecule has 0 unspecified atom stereocenters. The van der Waals surface area contributed by atoms with Gasteiger partial charge in [-0.2, -0.15) is 0 Å². The van der Waals surface area contributed by atoms with Gasteiger partial charge >= 0.3 is 0 Å². The number of thioether (sulfide) groups is 1. The molecule has 0 radical (unpaired) electrons. The Bertz CT molecular complexity index is 1040. The van der Waals surface area contributed by atoms with Gasteiger partial charge in [0.05, 0.1) is 4.91 Å². The van der Waals surface area contributed by atoms with Gasteiger partial charge in [0.1, 0.15) is 10.1 Å². The minimum atomic E-state index is -0.293. The molecule has 0 spiro atoms. The van der Waals surface area contributed by atoms with E-state index in [-0.39, 0.29) is 24.5 Å². The van der Waals surface area contributed by atoms with Gasteiger partial charge < -0.3 is 10.1 Å². The number of halogens is 1. The number of hydrogen-bond donors (Lipinski definition) is 1. The fourth-order valence-corrected chi connectivity index (χ4v) is 4.49. The van der Waals surface area contributed by atoms with Crippen LogP contribution in [-0.4, -0.2) is 33.7 Å². The summed E-state index contributed by atoms with van der Waals surface area (Å²) in [4.78, 5) is 26.9. The topological polar surface area (TPSA) is 58.6 Å². The zero-order valence-corrected chi connectivity index (χ0v) is 19.2. The molecule has 156 valence electrons. The molecule has 1 heterocycles. The van der Waals surface area contributed by atoms with Gasteiger partial charge in [-0.05, 0) is 62.2 Å². The first-order chi connectivity index (χ1) is 14.2. The molecular formula is C22H21ClN2O3S2. The summed E-state index contributed by atoms with van der Waals surface area (Å²) in [5, 5.41) is 3.34. The van der Waals surface area contributed by atoms with Crippen LogP contribution in [0.5, 0.6) is 5.75 Å². The lowest BCUT2D eigenvalue weighted by atomic mass is 10.2. The summed E-state index contributed by atoms with van der Waals surface area (Å²) in [6.07, 6.45) is 1.78. The van der Waals surface area contributed by atoms with Gasteiger partial charge in [0, 0.05) is 16.8 Å². The molecule has 30 heavy (non-hydrogen) atoms. The largest absolute Gasteiger partial charge is 0.484 e. The molecule has 5 nitrogen and oxygen atoms in total. The molecule has 1 fully saturated rings. The van der Waals surface area contributed by atoms with Crippen LogP contribution in [0.2, 0.25) is 5.02 Å². The average molecular weight is 461 g/mol. The van der Waals surface area contributed by atoms with Gasteiger partial charge in [-0.3, -0.25) is 14.5 Å². The number of nitrogens with one attached hydrogen (secondary N) is 1. The van der Waals surface area contributed by atoms with Crippen molar-refractivity contribution < 1.29 is 14.3 Å². The molecule has 0 aromatic heterocycles. The van der Waals surface area contributed by atoms with Crippen molar-refractivity contribution in [2.24, 2.45) is 0 Å². The molecule has 3 rings (SSSR count). The minimum absolute atomic E-state index is 0.0139. The molecule has 1 N–H and O–H groups in total. The van der Waals surface area contributed by atoms with Crippen molar-refractivity contribution in [3.63, 3.8) is 0 Å². The summed E-state index contributed by atoms with van der Waals surface area (Å²) >= 11 is 12.7. The molecule has 8 heteroatoms. The number of rotatable bonds is 6. The van der Waals surface area contributed by atoms with E-state index < -0.39 is 0 Å². The normalized spacial score (nSPS) is 15.2. The molecule has 0 aliphatic carbocycles. The molecule has 1 saturated heterocycles. The fraction of sp³-hybridized carbons (Fsp3) is 0.227. The number of nitrogens with zero attached hydrogens (tertiary/aromatic N) is 1. The number of hydrogen-bond acceptors (Lipinski definition) is 5. The van der Waals surface area contributed by atoms with Crippen molar-refractivity contribution in [1.82, 2.24) is 4.90 Å². The van der Waals surface area contributed by atoms with Crippen LogP contribution in [0.1, 0.15) is 25.0 Å². The van der Waals surface area contributed by atoms with E-state index in [1.165, 1.54) is 11.8 Å². The van der Waals surface area contributed by atoms with E-state index in [2.05, 4.69) is 5.32 Å². The van der Waals surface area contributed by atoms with Crippen molar-refractivity contribution >= 4 is 63.5 Å². The number of amides is 2. The average Bonchev–Trinajstić information content (AvgIpc) is 2.96. The molecule has 2 amide bonds. The number of aryl methyl sites for hydroxylation is 1. The highest BCUT2D eigenvalue weighted by Gasteiger charge is 2.33. The predicted molar refractivity (Wildman–Crippen MR) is 127 cm³/mol. The second kappa shape index (κ2) is 9.64. The number of benzene rings is 2. The quantitative estimate of drug-likeness (QED) is 0.469. The van der Waals surface area contributed by atoms with Crippen molar-refractivity contribution in [3.05, 3.63) is 63.5 Å². The van der Waals surface area contributed by atoms with E-state index in [0.717, 1.165) is 11.1 Å². The lowest BCUT2D eigenvalue weighted by Gasteiger charge is -2.18. The van der Waals surface area contributed by atoms with Gasteiger partial charge in [0.25, 0.3) is 11.8 Å². The Morgan fingerprint density at radius 1 is 1.30 bits per heavy atom. The third-order valence-electron chi connectivity index (χ3n) is 4.32. The smallest absolute Gasteiger partial charge is 0.266 e. The van der Waals surface area contributed by atoms with Crippen LogP contribution >= 0.6 is 35.6 Å². The van der Waals surface area contributed by atoms with Crippen LogP contribution in [0.4, 0.5) is 5.69 Å². The van der Waals surface area contributed by atoms with E-state index in [1.54, 1.807) is 35.2 Å². The predicted octanol–water partition coefficient (Wildman–Crippen LogP) is 5.28. The lowest BCUT2D eigenvalue weighted by molar-refractivity contribution is -0.123. The molecule has 0 atom stereocenters. The molecule has 2 aromatic carbocycles. The Hall–Kier alpha value is -2.35. The summed E-state index contributed by atoms with van der Waals surface area (Å²) in [5.41, 5.74) is 2.34. The third kappa shape index (κ3) is 5.41. The van der Waals surface area contributed by atoms with Crippen LogP contribution in [-0.2, 0) is 9.59 Å². The molecule has 2 aromatic rings. The highest BCUT2D eigenvalue weighted by molar-refractivity contribution is 8.26. The lowest BCUT2D eigenvalue weighted by Crippen LogP contribution is -2.34. The van der Waals surface area contributed by atoms with Gasteiger partial charge in [-0.1, -0.05) is 53.8 Å². The first-order valence-corrected chi connectivity index (χ1v) is 10.9. The molecule has 0 saturated carbocycles. The Balaban J connectivity index is 1.63. The van der Waals surface area contributed by atoms with E-state index in [1.807, 2.05) is 39.0 Å². The highest BCUT2D eigenvalue weighted by Crippen LogP contribution is 2.34. The van der Waals surface area contributed by atoms with E-state index in [0.29, 0.717) is 25.7 Å². The van der Waals surface area contributed by atoms with Crippen molar-refractivity contribution in [2.75, 3.05) is 11.9 Å². The SMILES string of the molecule is Cc1ccc(NC(=O)COc2cccc(/C=C3\SC(=S)N(C(C)C)C3=O)c2)cc1Cl. The van der Waals surface area contributed by atoms with E-state index in [9.17, 15) is 9.59 Å². The Kier molecular flexibility index (Phi) is 7.18. The van der Waals surface area contributed by atoms with Gasteiger partial charge in [0.2, 0.25) is 0 Å². The zero-order valence-electron chi connectivity index (χ0n) is 16.8. The summed E-state index contributed by atoms with van der Waals surface area (Å²) < 4.78 is 6.16. The van der Waals surface area contributed by atoms with Crippen LogP contribution in [0.15, 0.2) is 47.4 Å². The molecule has 0 bridgehead atoms. The van der Waals surface area contributed by atoms with Gasteiger partial charge in [-0.15, -0.1) is 0 Å². The van der Waals surface area contributed by atoms with Gasteiger partial charge in [0.15, 0.2) is 6.61 Å². The molecule has 1 aliphatic heterocycles. The van der Waals surface area contributed by atoms with E-state index in [4.69, 9.17) is 28.6 Å². The first-order valence-electron chi connectivity index (χ1n) is 9.30. The van der Waals surface area contributed by atoms with E-state index >= 15 is 0 Å².